The number of aromatic nitrogens is 1. The molecule has 1 aromatic carbocycles. The van der Waals surface area contributed by atoms with Gasteiger partial charge in [0.15, 0.2) is 5.82 Å². The molecule has 1 heterocycles. The van der Waals surface area contributed by atoms with Gasteiger partial charge in [0.1, 0.15) is 11.0 Å². The predicted octanol–water partition coefficient (Wildman–Crippen LogP) is 2.62. The van der Waals surface area contributed by atoms with Crippen molar-refractivity contribution < 1.29 is 14.1 Å². The van der Waals surface area contributed by atoms with Crippen molar-refractivity contribution in [3.63, 3.8) is 0 Å². The van der Waals surface area contributed by atoms with E-state index in [1.807, 2.05) is 0 Å². The maximum atomic E-state index is 13.7. The standard InChI is InChI=1S/C12H8ClFN4O3/c13-10-3-6(4-11(15)17-10)12(19)16-9-2-1-7(18(20)21)5-8(9)14/h1-5H,(H2,15,17)(H,16,19). The molecule has 2 aromatic rings. The summed E-state index contributed by atoms with van der Waals surface area (Å²) in [5.74, 6) is -1.55. The molecule has 0 unspecified atom stereocenters. The maximum absolute atomic E-state index is 13.7. The first-order valence-corrected chi connectivity index (χ1v) is 5.93. The topological polar surface area (TPSA) is 111 Å². The molecule has 9 heteroatoms. The summed E-state index contributed by atoms with van der Waals surface area (Å²) >= 11 is 5.66. The highest BCUT2D eigenvalue weighted by molar-refractivity contribution is 6.30. The van der Waals surface area contributed by atoms with Gasteiger partial charge in [0.2, 0.25) is 0 Å². The van der Waals surface area contributed by atoms with Gasteiger partial charge in [0, 0.05) is 11.6 Å². The number of nitro groups is 1. The molecule has 0 saturated heterocycles. The van der Waals surface area contributed by atoms with Crippen LogP contribution in [-0.4, -0.2) is 15.8 Å². The van der Waals surface area contributed by atoms with E-state index >= 15 is 0 Å². The molecule has 0 aliphatic carbocycles. The van der Waals surface area contributed by atoms with Gasteiger partial charge in [-0.05, 0) is 18.2 Å². The summed E-state index contributed by atoms with van der Waals surface area (Å²) in [6, 6.07) is 5.41. The molecule has 2 rings (SSSR count). The van der Waals surface area contributed by atoms with Crippen molar-refractivity contribution in [2.24, 2.45) is 0 Å². The quantitative estimate of drug-likeness (QED) is 0.514. The number of nitrogen functional groups attached to an aromatic ring is 1. The summed E-state index contributed by atoms with van der Waals surface area (Å²) < 4.78 is 13.7. The molecule has 0 aliphatic heterocycles. The second kappa shape index (κ2) is 5.71. The van der Waals surface area contributed by atoms with Crippen LogP contribution in [0.25, 0.3) is 0 Å². The SMILES string of the molecule is Nc1cc(C(=O)Nc2ccc([N+](=O)[O-])cc2F)cc(Cl)n1. The number of nitrogens with one attached hydrogen (secondary N) is 1. The van der Waals surface area contributed by atoms with Crippen molar-refractivity contribution in [1.82, 2.24) is 4.98 Å². The van der Waals surface area contributed by atoms with E-state index < -0.39 is 22.3 Å². The van der Waals surface area contributed by atoms with Gasteiger partial charge in [-0.25, -0.2) is 9.37 Å². The number of anilines is 2. The third kappa shape index (κ3) is 3.42. The lowest BCUT2D eigenvalue weighted by molar-refractivity contribution is -0.385. The molecule has 0 fully saturated rings. The van der Waals surface area contributed by atoms with Crippen molar-refractivity contribution in [2.45, 2.75) is 0 Å². The van der Waals surface area contributed by atoms with Crippen LogP contribution in [0.5, 0.6) is 0 Å². The van der Waals surface area contributed by atoms with Crippen LogP contribution in [0.15, 0.2) is 30.3 Å². The number of rotatable bonds is 3. The van der Waals surface area contributed by atoms with Crippen LogP contribution < -0.4 is 11.1 Å². The average Bonchev–Trinajstić information content (AvgIpc) is 2.39. The van der Waals surface area contributed by atoms with Crippen LogP contribution in [0, 0.1) is 15.9 Å². The number of hydrogen-bond acceptors (Lipinski definition) is 5. The first-order chi connectivity index (χ1) is 9.86. The second-order valence-electron chi connectivity index (χ2n) is 3.98. The molecule has 3 N–H and O–H groups in total. The van der Waals surface area contributed by atoms with Crippen LogP contribution in [0.3, 0.4) is 0 Å². The van der Waals surface area contributed by atoms with Gasteiger partial charge >= 0.3 is 0 Å². The number of non-ortho nitro benzene ring substituents is 1. The Morgan fingerprint density at radius 2 is 2.10 bits per heavy atom. The zero-order valence-electron chi connectivity index (χ0n) is 10.3. The van der Waals surface area contributed by atoms with E-state index in [-0.39, 0.29) is 22.2 Å². The van der Waals surface area contributed by atoms with Gasteiger partial charge < -0.3 is 11.1 Å². The van der Waals surface area contributed by atoms with Crippen molar-refractivity contribution in [3.8, 4) is 0 Å². The Hall–Kier alpha value is -2.74. The Balaban J connectivity index is 2.25. The number of hydrogen-bond donors (Lipinski definition) is 2. The van der Waals surface area contributed by atoms with Crippen molar-refractivity contribution in [3.05, 3.63) is 57.0 Å². The van der Waals surface area contributed by atoms with Crippen LogP contribution in [0.1, 0.15) is 10.4 Å². The lowest BCUT2D eigenvalue weighted by atomic mass is 10.2. The van der Waals surface area contributed by atoms with Gasteiger partial charge in [-0.2, -0.15) is 0 Å². The number of amides is 1. The van der Waals surface area contributed by atoms with Crippen molar-refractivity contribution >= 4 is 34.7 Å². The molecule has 1 aromatic heterocycles. The van der Waals surface area contributed by atoms with Crippen LogP contribution in [0.2, 0.25) is 5.15 Å². The van der Waals surface area contributed by atoms with E-state index in [4.69, 9.17) is 17.3 Å². The molecule has 0 radical (unpaired) electrons. The lowest BCUT2D eigenvalue weighted by Crippen LogP contribution is -2.14. The van der Waals surface area contributed by atoms with Crippen molar-refractivity contribution in [2.75, 3.05) is 11.1 Å². The highest BCUT2D eigenvalue weighted by Gasteiger charge is 2.14. The summed E-state index contributed by atoms with van der Waals surface area (Å²) in [4.78, 5) is 25.4. The maximum Gasteiger partial charge on any atom is 0.272 e. The normalized spacial score (nSPS) is 10.2. The summed E-state index contributed by atoms with van der Waals surface area (Å²) in [5.41, 5.74) is 4.93. The summed E-state index contributed by atoms with van der Waals surface area (Å²) in [7, 11) is 0. The minimum Gasteiger partial charge on any atom is -0.384 e. The van der Waals surface area contributed by atoms with Gasteiger partial charge in [-0.1, -0.05) is 11.6 Å². The van der Waals surface area contributed by atoms with E-state index in [1.54, 1.807) is 0 Å². The average molecular weight is 311 g/mol. The molecule has 0 aliphatic rings. The number of benzene rings is 1. The Morgan fingerprint density at radius 1 is 1.38 bits per heavy atom. The molecule has 0 atom stereocenters. The summed E-state index contributed by atoms with van der Waals surface area (Å²) in [6.07, 6.45) is 0. The molecule has 0 bridgehead atoms. The third-order valence-electron chi connectivity index (χ3n) is 2.49. The van der Waals surface area contributed by atoms with Gasteiger partial charge in [-0.15, -0.1) is 0 Å². The number of pyridine rings is 1. The van der Waals surface area contributed by atoms with E-state index in [1.165, 1.54) is 12.1 Å². The summed E-state index contributed by atoms with van der Waals surface area (Å²) in [6.45, 7) is 0. The number of nitrogens with zero attached hydrogens (tertiary/aromatic N) is 2. The highest BCUT2D eigenvalue weighted by Crippen LogP contribution is 2.21. The fourth-order valence-electron chi connectivity index (χ4n) is 1.56. The molecule has 7 nitrogen and oxygen atoms in total. The Labute approximate surface area is 122 Å². The second-order valence-corrected chi connectivity index (χ2v) is 4.37. The van der Waals surface area contributed by atoms with E-state index in [0.29, 0.717) is 6.07 Å². The van der Waals surface area contributed by atoms with Crippen LogP contribution in [0.4, 0.5) is 21.6 Å². The highest BCUT2D eigenvalue weighted by atomic mass is 35.5. The summed E-state index contributed by atoms with van der Waals surface area (Å²) in [5, 5.41) is 12.8. The molecule has 0 saturated carbocycles. The number of halogens is 2. The number of carbonyl (C=O) groups excluding carboxylic acids is 1. The zero-order chi connectivity index (χ0) is 15.6. The molecular weight excluding hydrogens is 303 g/mol. The number of nitro benzene ring substituents is 1. The monoisotopic (exact) mass is 310 g/mol. The zero-order valence-corrected chi connectivity index (χ0v) is 11.1. The molecule has 21 heavy (non-hydrogen) atoms. The largest absolute Gasteiger partial charge is 0.384 e. The first-order valence-electron chi connectivity index (χ1n) is 5.55. The Morgan fingerprint density at radius 3 is 2.67 bits per heavy atom. The predicted molar refractivity (Wildman–Crippen MR) is 74.7 cm³/mol. The lowest BCUT2D eigenvalue weighted by Gasteiger charge is -2.07. The van der Waals surface area contributed by atoms with Crippen LogP contribution in [-0.2, 0) is 0 Å². The van der Waals surface area contributed by atoms with Crippen LogP contribution >= 0.6 is 11.6 Å². The fourth-order valence-corrected chi connectivity index (χ4v) is 1.78. The van der Waals surface area contributed by atoms with Gasteiger partial charge in [-0.3, -0.25) is 14.9 Å². The third-order valence-corrected chi connectivity index (χ3v) is 2.68. The molecule has 1 amide bonds. The smallest absolute Gasteiger partial charge is 0.272 e. The van der Waals surface area contributed by atoms with E-state index in [9.17, 15) is 19.3 Å². The first kappa shape index (κ1) is 14.7. The van der Waals surface area contributed by atoms with Gasteiger partial charge in [0.05, 0.1) is 16.7 Å². The Bertz CT molecular complexity index is 718. The number of carbonyl (C=O) groups is 1. The van der Waals surface area contributed by atoms with Crippen molar-refractivity contribution in [1.29, 1.82) is 0 Å². The molecule has 0 spiro atoms. The molecular formula is C12H8ClFN4O3. The number of nitrogens with two attached hydrogens (primary N) is 1. The minimum atomic E-state index is -0.925. The minimum absolute atomic E-state index is 0.0179. The fraction of sp³-hybridized carbons (Fsp3) is 0. The molecule has 108 valence electrons. The Kier molecular flexibility index (Phi) is 3.99. The van der Waals surface area contributed by atoms with E-state index in [2.05, 4.69) is 10.3 Å². The van der Waals surface area contributed by atoms with Gasteiger partial charge in [0.25, 0.3) is 11.6 Å². The van der Waals surface area contributed by atoms with E-state index in [0.717, 1.165) is 12.1 Å².